The van der Waals surface area contributed by atoms with E-state index in [1.54, 1.807) is 11.3 Å². The van der Waals surface area contributed by atoms with Gasteiger partial charge in [0.25, 0.3) is 0 Å². The summed E-state index contributed by atoms with van der Waals surface area (Å²) in [6, 6.07) is 0.526. The van der Waals surface area contributed by atoms with Gasteiger partial charge in [0.1, 0.15) is 0 Å². The van der Waals surface area contributed by atoms with Crippen molar-refractivity contribution >= 4 is 16.5 Å². The van der Waals surface area contributed by atoms with Crippen LogP contribution in [0.2, 0.25) is 0 Å². The highest BCUT2D eigenvalue weighted by molar-refractivity contribution is 7.15. The summed E-state index contributed by atoms with van der Waals surface area (Å²) in [5.41, 5.74) is 0. The summed E-state index contributed by atoms with van der Waals surface area (Å²) in [6.07, 6.45) is 4.74. The monoisotopic (exact) mass is 282 g/mol. The third kappa shape index (κ3) is 4.75. The van der Waals surface area contributed by atoms with Crippen LogP contribution >= 0.6 is 11.3 Å². The molecule has 1 aliphatic heterocycles. The van der Waals surface area contributed by atoms with E-state index in [0.717, 1.165) is 24.8 Å². The molecule has 1 aliphatic rings. The fourth-order valence-electron chi connectivity index (χ4n) is 2.25. The molecule has 0 spiro atoms. The Balaban J connectivity index is 1.76. The van der Waals surface area contributed by atoms with Crippen LogP contribution in [0.15, 0.2) is 6.20 Å². The summed E-state index contributed by atoms with van der Waals surface area (Å²) in [5, 5.41) is 4.57. The number of hydrogen-bond donors (Lipinski definition) is 1. The number of rotatable bonds is 7. The molecule has 0 atom stereocenters. The predicted octanol–water partition coefficient (Wildman–Crippen LogP) is 2.17. The Morgan fingerprint density at radius 2 is 2.16 bits per heavy atom. The SMILES string of the molecule is CC(C)NCc1cnc(N(C)CCN2CCCC2)s1. The van der Waals surface area contributed by atoms with Crippen molar-refractivity contribution in [2.24, 2.45) is 0 Å². The lowest BCUT2D eigenvalue weighted by Gasteiger charge is -2.20. The first-order valence-corrected chi connectivity index (χ1v) is 8.08. The summed E-state index contributed by atoms with van der Waals surface area (Å²) >= 11 is 1.80. The number of likely N-dealkylation sites (N-methyl/N-ethyl adjacent to an activating group) is 1. The summed E-state index contributed by atoms with van der Waals surface area (Å²) in [7, 11) is 2.15. The Morgan fingerprint density at radius 1 is 1.42 bits per heavy atom. The standard InChI is InChI=1S/C14H26N4S/c1-12(2)15-10-13-11-16-14(19-13)17(3)8-9-18-6-4-5-7-18/h11-12,15H,4-10H2,1-3H3. The molecule has 0 bridgehead atoms. The van der Waals surface area contributed by atoms with E-state index in [-0.39, 0.29) is 0 Å². The molecule has 19 heavy (non-hydrogen) atoms. The van der Waals surface area contributed by atoms with Crippen molar-refractivity contribution in [3.05, 3.63) is 11.1 Å². The van der Waals surface area contributed by atoms with Crippen molar-refractivity contribution in [2.45, 2.75) is 39.3 Å². The Hall–Kier alpha value is -0.650. The van der Waals surface area contributed by atoms with E-state index in [9.17, 15) is 0 Å². The molecule has 0 aromatic carbocycles. The van der Waals surface area contributed by atoms with Crippen molar-refractivity contribution in [1.29, 1.82) is 0 Å². The minimum absolute atomic E-state index is 0.526. The minimum atomic E-state index is 0.526. The molecule has 0 saturated carbocycles. The van der Waals surface area contributed by atoms with Crippen LogP contribution in [0.5, 0.6) is 0 Å². The number of hydrogen-bond acceptors (Lipinski definition) is 5. The first-order chi connectivity index (χ1) is 9.15. The Kier molecular flexibility index (Phi) is 5.60. The summed E-state index contributed by atoms with van der Waals surface area (Å²) in [6.45, 7) is 10.0. The van der Waals surface area contributed by atoms with Crippen molar-refractivity contribution in [2.75, 3.05) is 38.1 Å². The zero-order chi connectivity index (χ0) is 13.7. The third-order valence-corrected chi connectivity index (χ3v) is 4.61. The highest BCUT2D eigenvalue weighted by atomic mass is 32.1. The van der Waals surface area contributed by atoms with Crippen LogP contribution in [0, 0.1) is 0 Å². The van der Waals surface area contributed by atoms with E-state index in [4.69, 9.17) is 0 Å². The van der Waals surface area contributed by atoms with Crippen molar-refractivity contribution in [1.82, 2.24) is 15.2 Å². The number of likely N-dealkylation sites (tertiary alicyclic amines) is 1. The van der Waals surface area contributed by atoms with Gasteiger partial charge in [-0.15, -0.1) is 11.3 Å². The first-order valence-electron chi connectivity index (χ1n) is 7.26. The Labute approximate surface area is 120 Å². The van der Waals surface area contributed by atoms with Crippen LogP contribution in [0.1, 0.15) is 31.6 Å². The maximum atomic E-state index is 4.53. The zero-order valence-electron chi connectivity index (χ0n) is 12.4. The van der Waals surface area contributed by atoms with E-state index in [1.165, 1.54) is 30.8 Å². The normalized spacial score (nSPS) is 16.4. The molecule has 1 aromatic heterocycles. The zero-order valence-corrected chi connectivity index (χ0v) is 13.2. The second-order valence-corrected chi connectivity index (χ2v) is 6.71. The predicted molar refractivity (Wildman–Crippen MR) is 83.0 cm³/mol. The van der Waals surface area contributed by atoms with Crippen LogP contribution in [0.25, 0.3) is 0 Å². The molecule has 4 nitrogen and oxygen atoms in total. The number of nitrogens with zero attached hydrogens (tertiary/aromatic N) is 3. The maximum Gasteiger partial charge on any atom is 0.185 e. The molecule has 0 aliphatic carbocycles. The Bertz CT molecular complexity index is 371. The topological polar surface area (TPSA) is 31.4 Å². The van der Waals surface area contributed by atoms with E-state index in [1.807, 2.05) is 6.20 Å². The molecule has 0 radical (unpaired) electrons. The lowest BCUT2D eigenvalue weighted by Crippen LogP contribution is -2.31. The van der Waals surface area contributed by atoms with Gasteiger partial charge in [0.15, 0.2) is 5.13 Å². The molecule has 0 amide bonds. The number of anilines is 1. The van der Waals surface area contributed by atoms with Crippen molar-refractivity contribution in [3.63, 3.8) is 0 Å². The van der Waals surface area contributed by atoms with Crippen molar-refractivity contribution in [3.8, 4) is 0 Å². The average Bonchev–Trinajstić information content (AvgIpc) is 3.04. The Morgan fingerprint density at radius 3 is 2.84 bits per heavy atom. The van der Waals surface area contributed by atoms with Gasteiger partial charge in [-0.2, -0.15) is 0 Å². The quantitative estimate of drug-likeness (QED) is 0.830. The van der Waals surface area contributed by atoms with Crippen LogP contribution < -0.4 is 10.2 Å². The van der Waals surface area contributed by atoms with Crippen molar-refractivity contribution < 1.29 is 0 Å². The molecule has 1 N–H and O–H groups in total. The molecule has 0 unspecified atom stereocenters. The van der Waals surface area contributed by atoms with Crippen LogP contribution in [0.4, 0.5) is 5.13 Å². The van der Waals surface area contributed by atoms with Gasteiger partial charge in [-0.05, 0) is 25.9 Å². The molecule has 108 valence electrons. The number of nitrogens with one attached hydrogen (secondary N) is 1. The maximum absolute atomic E-state index is 4.53. The minimum Gasteiger partial charge on any atom is -0.350 e. The van der Waals surface area contributed by atoms with Gasteiger partial charge >= 0.3 is 0 Å². The highest BCUT2D eigenvalue weighted by Crippen LogP contribution is 2.21. The van der Waals surface area contributed by atoms with E-state index in [2.05, 4.69) is 41.0 Å². The van der Waals surface area contributed by atoms with E-state index < -0.39 is 0 Å². The molecule has 5 heteroatoms. The molecular weight excluding hydrogens is 256 g/mol. The lowest BCUT2D eigenvalue weighted by atomic mass is 10.4. The van der Waals surface area contributed by atoms with Crippen LogP contribution in [0.3, 0.4) is 0 Å². The molecule has 1 aromatic rings. The highest BCUT2D eigenvalue weighted by Gasteiger charge is 2.13. The first kappa shape index (κ1) is 14.8. The van der Waals surface area contributed by atoms with Gasteiger partial charge in [-0.25, -0.2) is 4.98 Å². The van der Waals surface area contributed by atoms with Gasteiger partial charge in [0, 0.05) is 43.8 Å². The fourth-order valence-corrected chi connectivity index (χ4v) is 3.10. The lowest BCUT2D eigenvalue weighted by molar-refractivity contribution is 0.346. The van der Waals surface area contributed by atoms with Gasteiger partial charge in [-0.1, -0.05) is 13.8 Å². The van der Waals surface area contributed by atoms with Gasteiger partial charge < -0.3 is 15.1 Å². The molecule has 2 rings (SSSR count). The second-order valence-electron chi connectivity index (χ2n) is 5.62. The van der Waals surface area contributed by atoms with Gasteiger partial charge in [-0.3, -0.25) is 0 Å². The summed E-state index contributed by atoms with van der Waals surface area (Å²) < 4.78 is 0. The number of thiazole rings is 1. The summed E-state index contributed by atoms with van der Waals surface area (Å²) in [5.74, 6) is 0. The molecule has 1 saturated heterocycles. The number of aromatic nitrogens is 1. The third-order valence-electron chi connectivity index (χ3n) is 3.50. The largest absolute Gasteiger partial charge is 0.350 e. The summed E-state index contributed by atoms with van der Waals surface area (Å²) in [4.78, 5) is 10.7. The van der Waals surface area contributed by atoms with Gasteiger partial charge in [0.2, 0.25) is 0 Å². The van der Waals surface area contributed by atoms with E-state index >= 15 is 0 Å². The van der Waals surface area contributed by atoms with Crippen LogP contribution in [-0.2, 0) is 6.54 Å². The second kappa shape index (κ2) is 7.22. The molecule has 2 heterocycles. The fraction of sp³-hybridized carbons (Fsp3) is 0.786. The molecule has 1 fully saturated rings. The molecular formula is C14H26N4S. The van der Waals surface area contributed by atoms with E-state index in [0.29, 0.717) is 6.04 Å². The smallest absolute Gasteiger partial charge is 0.185 e. The van der Waals surface area contributed by atoms with Gasteiger partial charge in [0.05, 0.1) is 0 Å². The van der Waals surface area contributed by atoms with Crippen LogP contribution in [-0.4, -0.2) is 49.2 Å². The average molecular weight is 282 g/mol.